The third-order valence-electron chi connectivity index (χ3n) is 3.07. The first kappa shape index (κ1) is 14.2. The third kappa shape index (κ3) is 3.65. The summed E-state index contributed by atoms with van der Waals surface area (Å²) in [6.45, 7) is 18.1. The Bertz CT molecular complexity index is 396. The fourth-order valence-electron chi connectivity index (χ4n) is 2.52. The molecule has 0 N–H and O–H groups in total. The van der Waals surface area contributed by atoms with E-state index < -0.39 is 0 Å². The lowest BCUT2D eigenvalue weighted by atomic mass is 9.96. The van der Waals surface area contributed by atoms with E-state index in [1.807, 2.05) is 0 Å². The molecule has 0 amide bonds. The Morgan fingerprint density at radius 2 is 1.11 bits per heavy atom. The van der Waals surface area contributed by atoms with Crippen molar-refractivity contribution in [3.63, 3.8) is 0 Å². The van der Waals surface area contributed by atoms with Crippen molar-refractivity contribution in [3.05, 3.63) is 30.9 Å². The molecule has 0 aromatic heterocycles. The summed E-state index contributed by atoms with van der Waals surface area (Å²) in [4.78, 5) is 4.78. The molecule has 0 fully saturated rings. The third-order valence-corrected chi connectivity index (χ3v) is 3.07. The van der Waals surface area contributed by atoms with Crippen LogP contribution in [-0.4, -0.2) is 13.1 Å². The van der Waals surface area contributed by atoms with E-state index in [0.29, 0.717) is 10.8 Å². The SMILES string of the molecule is CC(C)(C)CN1[CH]N(CC(C)(C)C)c2ccccc21. The molecule has 1 radical (unpaired) electrons. The average Bonchev–Trinajstić information content (AvgIpc) is 2.53. The van der Waals surface area contributed by atoms with Gasteiger partial charge in [0.15, 0.2) is 0 Å². The van der Waals surface area contributed by atoms with Crippen LogP contribution >= 0.6 is 0 Å². The number of para-hydroxylation sites is 2. The molecule has 0 unspecified atom stereocenters. The van der Waals surface area contributed by atoms with Crippen LogP contribution in [0.25, 0.3) is 0 Å². The molecule has 19 heavy (non-hydrogen) atoms. The van der Waals surface area contributed by atoms with Gasteiger partial charge in [0.1, 0.15) is 6.67 Å². The number of fused-ring (bicyclic) bond motifs is 1. The zero-order valence-electron chi connectivity index (χ0n) is 13.2. The summed E-state index contributed by atoms with van der Waals surface area (Å²) in [5.41, 5.74) is 3.26. The Hall–Kier alpha value is -1.18. The van der Waals surface area contributed by atoms with Gasteiger partial charge in [-0.2, -0.15) is 0 Å². The van der Waals surface area contributed by atoms with Gasteiger partial charge in [-0.25, -0.2) is 0 Å². The molecule has 1 heterocycles. The van der Waals surface area contributed by atoms with Crippen molar-refractivity contribution in [2.24, 2.45) is 10.8 Å². The van der Waals surface area contributed by atoms with Crippen LogP contribution in [0, 0.1) is 17.5 Å². The molecule has 0 bridgehead atoms. The molecule has 0 atom stereocenters. The molecule has 2 nitrogen and oxygen atoms in total. The second kappa shape index (κ2) is 4.73. The van der Waals surface area contributed by atoms with Gasteiger partial charge in [0, 0.05) is 13.1 Å². The molecule has 2 rings (SSSR count). The van der Waals surface area contributed by atoms with Crippen molar-refractivity contribution in [2.75, 3.05) is 22.9 Å². The molecule has 0 saturated carbocycles. The van der Waals surface area contributed by atoms with Crippen LogP contribution in [0.15, 0.2) is 24.3 Å². The predicted octanol–water partition coefficient (Wildman–Crippen LogP) is 4.52. The fraction of sp³-hybridized carbons (Fsp3) is 0.588. The number of nitrogens with zero attached hydrogens (tertiary/aromatic N) is 2. The average molecular weight is 259 g/mol. The minimum Gasteiger partial charge on any atom is -0.346 e. The molecule has 1 aliphatic rings. The van der Waals surface area contributed by atoms with Crippen LogP contribution in [0.2, 0.25) is 0 Å². The number of anilines is 2. The van der Waals surface area contributed by atoms with Crippen LogP contribution < -0.4 is 9.80 Å². The normalized spacial score (nSPS) is 15.9. The molecule has 0 saturated heterocycles. The van der Waals surface area contributed by atoms with Gasteiger partial charge in [-0.05, 0) is 23.0 Å². The van der Waals surface area contributed by atoms with E-state index >= 15 is 0 Å². The fourth-order valence-corrected chi connectivity index (χ4v) is 2.52. The van der Waals surface area contributed by atoms with E-state index in [4.69, 9.17) is 0 Å². The van der Waals surface area contributed by atoms with E-state index in [2.05, 4.69) is 82.3 Å². The number of benzene rings is 1. The lowest BCUT2D eigenvalue weighted by molar-refractivity contribution is 0.406. The van der Waals surface area contributed by atoms with Crippen LogP contribution in [-0.2, 0) is 0 Å². The molecular formula is C17H27N2. The molecular weight excluding hydrogens is 232 g/mol. The highest BCUT2D eigenvalue weighted by atomic mass is 15.4. The lowest BCUT2D eigenvalue weighted by Crippen LogP contribution is -2.35. The molecule has 0 spiro atoms. The monoisotopic (exact) mass is 259 g/mol. The summed E-state index contributed by atoms with van der Waals surface area (Å²) in [5, 5.41) is 0. The Morgan fingerprint density at radius 1 is 0.737 bits per heavy atom. The van der Waals surface area contributed by atoms with Crippen molar-refractivity contribution in [2.45, 2.75) is 41.5 Å². The van der Waals surface area contributed by atoms with Crippen LogP contribution in [0.1, 0.15) is 41.5 Å². The smallest absolute Gasteiger partial charge is 0.142 e. The van der Waals surface area contributed by atoms with Gasteiger partial charge in [-0.15, -0.1) is 0 Å². The van der Waals surface area contributed by atoms with E-state index in [1.165, 1.54) is 11.4 Å². The van der Waals surface area contributed by atoms with Crippen molar-refractivity contribution >= 4 is 11.4 Å². The zero-order valence-corrected chi connectivity index (χ0v) is 13.2. The van der Waals surface area contributed by atoms with Gasteiger partial charge in [-0.1, -0.05) is 53.7 Å². The van der Waals surface area contributed by atoms with Gasteiger partial charge < -0.3 is 9.80 Å². The predicted molar refractivity (Wildman–Crippen MR) is 84.3 cm³/mol. The second-order valence-electron chi connectivity index (χ2n) is 7.98. The molecule has 2 heteroatoms. The maximum Gasteiger partial charge on any atom is 0.142 e. The maximum absolute atomic E-state index is 2.39. The van der Waals surface area contributed by atoms with Gasteiger partial charge in [0.05, 0.1) is 11.4 Å². The molecule has 0 aliphatic carbocycles. The Kier molecular flexibility index (Phi) is 3.55. The summed E-state index contributed by atoms with van der Waals surface area (Å²) in [7, 11) is 0. The van der Waals surface area contributed by atoms with E-state index in [1.54, 1.807) is 0 Å². The lowest BCUT2D eigenvalue weighted by Gasteiger charge is -2.30. The van der Waals surface area contributed by atoms with Crippen LogP contribution in [0.5, 0.6) is 0 Å². The molecule has 1 aromatic rings. The van der Waals surface area contributed by atoms with Gasteiger partial charge in [0.25, 0.3) is 0 Å². The first-order valence-corrected chi connectivity index (χ1v) is 7.13. The standard InChI is InChI=1S/C17H27N2/c1-16(2,3)11-18-13-19(12-17(4,5)6)15-10-8-7-9-14(15)18/h7-10,13H,11-12H2,1-6H3. The summed E-state index contributed by atoms with van der Waals surface area (Å²) in [5.74, 6) is 0. The summed E-state index contributed by atoms with van der Waals surface area (Å²) >= 11 is 0. The van der Waals surface area contributed by atoms with Gasteiger partial charge >= 0.3 is 0 Å². The van der Waals surface area contributed by atoms with E-state index in [-0.39, 0.29) is 0 Å². The Morgan fingerprint density at radius 3 is 1.42 bits per heavy atom. The van der Waals surface area contributed by atoms with Crippen LogP contribution in [0.3, 0.4) is 0 Å². The minimum atomic E-state index is 0.293. The van der Waals surface area contributed by atoms with Crippen LogP contribution in [0.4, 0.5) is 11.4 Å². The summed E-state index contributed by atoms with van der Waals surface area (Å²) in [6, 6.07) is 8.70. The molecule has 1 aliphatic heterocycles. The van der Waals surface area contributed by atoms with Crippen molar-refractivity contribution in [1.82, 2.24) is 0 Å². The highest BCUT2D eigenvalue weighted by Gasteiger charge is 2.30. The number of hydrogen-bond donors (Lipinski definition) is 0. The maximum atomic E-state index is 2.39. The van der Waals surface area contributed by atoms with Gasteiger partial charge in [-0.3, -0.25) is 0 Å². The zero-order chi connectivity index (χ0) is 14.3. The molecule has 1 aromatic carbocycles. The number of hydrogen-bond acceptors (Lipinski definition) is 2. The Labute approximate surface area is 118 Å². The second-order valence-corrected chi connectivity index (χ2v) is 7.98. The quantitative estimate of drug-likeness (QED) is 0.770. The van der Waals surface area contributed by atoms with Crippen molar-refractivity contribution in [3.8, 4) is 0 Å². The van der Waals surface area contributed by atoms with Crippen molar-refractivity contribution < 1.29 is 0 Å². The van der Waals surface area contributed by atoms with E-state index in [0.717, 1.165) is 13.1 Å². The highest BCUT2D eigenvalue weighted by Crippen LogP contribution is 2.40. The molecule has 105 valence electrons. The topological polar surface area (TPSA) is 6.48 Å². The first-order valence-electron chi connectivity index (χ1n) is 7.13. The minimum absolute atomic E-state index is 0.293. The summed E-state index contributed by atoms with van der Waals surface area (Å²) in [6.07, 6.45) is 0. The number of rotatable bonds is 2. The highest BCUT2D eigenvalue weighted by molar-refractivity contribution is 5.78. The largest absolute Gasteiger partial charge is 0.346 e. The van der Waals surface area contributed by atoms with Crippen molar-refractivity contribution in [1.29, 1.82) is 0 Å². The van der Waals surface area contributed by atoms with Gasteiger partial charge in [0.2, 0.25) is 0 Å². The van der Waals surface area contributed by atoms with E-state index in [9.17, 15) is 0 Å². The Balaban J connectivity index is 2.23. The summed E-state index contributed by atoms with van der Waals surface area (Å²) < 4.78 is 0. The first-order chi connectivity index (χ1) is 8.66.